The third-order valence-electron chi connectivity index (χ3n) is 3.10. The van der Waals surface area contributed by atoms with E-state index in [1.165, 1.54) is 17.8 Å². The summed E-state index contributed by atoms with van der Waals surface area (Å²) in [6, 6.07) is 15.8. The first-order valence-corrected chi connectivity index (χ1v) is 7.73. The van der Waals surface area contributed by atoms with Crippen LogP contribution in [0.5, 0.6) is 0 Å². The Morgan fingerprint density at radius 1 is 1.09 bits per heavy atom. The normalized spacial score (nSPS) is 10.6. The van der Waals surface area contributed by atoms with E-state index in [0.717, 1.165) is 10.9 Å². The van der Waals surface area contributed by atoms with Gasteiger partial charge in [0.1, 0.15) is 5.82 Å². The van der Waals surface area contributed by atoms with Gasteiger partial charge in [-0.15, -0.1) is 11.8 Å². The maximum absolute atomic E-state index is 13.5. The largest absolute Gasteiger partial charge is 0.323 e. The van der Waals surface area contributed by atoms with Gasteiger partial charge in [0.05, 0.1) is 17.0 Å². The lowest BCUT2D eigenvalue weighted by Crippen LogP contribution is -2.14. The van der Waals surface area contributed by atoms with Gasteiger partial charge in [0.25, 0.3) is 0 Å². The molecule has 0 saturated carbocycles. The monoisotopic (exact) mass is 312 g/mol. The minimum atomic E-state index is -0.313. The van der Waals surface area contributed by atoms with Crippen LogP contribution in [0.1, 0.15) is 0 Å². The number of carbonyl (C=O) groups excluding carboxylic acids is 1. The minimum Gasteiger partial charge on any atom is -0.323 e. The summed E-state index contributed by atoms with van der Waals surface area (Å²) in [4.78, 5) is 16.8. The molecule has 0 aliphatic rings. The van der Waals surface area contributed by atoms with Gasteiger partial charge in [-0.05, 0) is 24.3 Å². The molecule has 0 atom stereocenters. The van der Waals surface area contributed by atoms with Crippen LogP contribution in [-0.4, -0.2) is 16.6 Å². The molecule has 110 valence electrons. The van der Waals surface area contributed by atoms with Crippen molar-refractivity contribution in [1.82, 2.24) is 4.98 Å². The Morgan fingerprint density at radius 2 is 1.91 bits per heavy atom. The number of para-hydroxylation sites is 1. The number of halogens is 1. The van der Waals surface area contributed by atoms with Gasteiger partial charge >= 0.3 is 0 Å². The first kappa shape index (κ1) is 14.5. The number of nitrogens with zero attached hydrogens (tertiary/aromatic N) is 1. The van der Waals surface area contributed by atoms with Gasteiger partial charge in [0, 0.05) is 16.5 Å². The second-order valence-corrected chi connectivity index (χ2v) is 5.67. The van der Waals surface area contributed by atoms with Crippen LogP contribution in [0.15, 0.2) is 65.7 Å². The summed E-state index contributed by atoms with van der Waals surface area (Å²) >= 11 is 1.17. The van der Waals surface area contributed by atoms with Crippen LogP contribution in [0.3, 0.4) is 0 Å². The van der Waals surface area contributed by atoms with Gasteiger partial charge in [0.15, 0.2) is 0 Å². The fraction of sp³-hybridized carbons (Fsp3) is 0.0588. The number of hydrogen-bond donors (Lipinski definition) is 1. The zero-order chi connectivity index (χ0) is 15.4. The topological polar surface area (TPSA) is 42.0 Å². The average Bonchev–Trinajstić information content (AvgIpc) is 2.54. The molecule has 0 saturated heterocycles. The third kappa shape index (κ3) is 3.26. The summed E-state index contributed by atoms with van der Waals surface area (Å²) in [7, 11) is 0. The highest BCUT2D eigenvalue weighted by Crippen LogP contribution is 2.23. The van der Waals surface area contributed by atoms with E-state index in [9.17, 15) is 9.18 Å². The number of carbonyl (C=O) groups is 1. The summed E-state index contributed by atoms with van der Waals surface area (Å²) in [6.07, 6.45) is 1.69. The molecule has 1 N–H and O–H groups in total. The van der Waals surface area contributed by atoms with Gasteiger partial charge < -0.3 is 5.32 Å². The molecule has 3 rings (SSSR count). The highest BCUT2D eigenvalue weighted by atomic mass is 32.2. The van der Waals surface area contributed by atoms with E-state index < -0.39 is 0 Å². The number of nitrogens with one attached hydrogen (secondary N) is 1. The Balaban J connectivity index is 1.70. The molecule has 5 heteroatoms. The third-order valence-corrected chi connectivity index (χ3v) is 4.15. The van der Waals surface area contributed by atoms with Crippen molar-refractivity contribution in [3.63, 3.8) is 0 Å². The van der Waals surface area contributed by atoms with E-state index in [2.05, 4.69) is 10.3 Å². The standard InChI is InChI=1S/C17H13FN2OS/c18-13-7-1-2-9-15(13)22-11-16(21)20-14-8-3-5-12-6-4-10-19-17(12)14/h1-10H,11H2,(H,20,21). The van der Waals surface area contributed by atoms with E-state index in [4.69, 9.17) is 0 Å². The van der Waals surface area contributed by atoms with E-state index in [1.54, 1.807) is 30.5 Å². The smallest absolute Gasteiger partial charge is 0.234 e. The van der Waals surface area contributed by atoms with Crippen LogP contribution in [-0.2, 0) is 4.79 Å². The summed E-state index contributed by atoms with van der Waals surface area (Å²) < 4.78 is 13.5. The Bertz CT molecular complexity index is 817. The highest BCUT2D eigenvalue weighted by molar-refractivity contribution is 8.00. The Labute approximate surface area is 131 Å². The zero-order valence-electron chi connectivity index (χ0n) is 11.6. The SMILES string of the molecule is O=C(CSc1ccccc1F)Nc1cccc2cccnc12. The van der Waals surface area contributed by atoms with Gasteiger partial charge in [-0.25, -0.2) is 4.39 Å². The number of aromatic nitrogens is 1. The first-order chi connectivity index (χ1) is 10.7. The van der Waals surface area contributed by atoms with Crippen molar-refractivity contribution in [1.29, 1.82) is 0 Å². The molecule has 0 aliphatic carbocycles. The van der Waals surface area contributed by atoms with Gasteiger partial charge in [-0.2, -0.15) is 0 Å². The van der Waals surface area contributed by atoms with Crippen LogP contribution in [0.4, 0.5) is 10.1 Å². The molecule has 3 aromatic rings. The molecular weight excluding hydrogens is 299 g/mol. The highest BCUT2D eigenvalue weighted by Gasteiger charge is 2.09. The van der Waals surface area contributed by atoms with Crippen molar-refractivity contribution in [3.05, 3.63) is 66.6 Å². The number of fused-ring (bicyclic) bond motifs is 1. The number of hydrogen-bond acceptors (Lipinski definition) is 3. The molecule has 0 spiro atoms. The predicted octanol–water partition coefficient (Wildman–Crippen LogP) is 4.10. The lowest BCUT2D eigenvalue weighted by Gasteiger charge is -2.08. The quantitative estimate of drug-likeness (QED) is 0.737. The number of amides is 1. The Morgan fingerprint density at radius 3 is 2.77 bits per heavy atom. The molecular formula is C17H13FN2OS. The predicted molar refractivity (Wildman–Crippen MR) is 87.5 cm³/mol. The Hall–Kier alpha value is -2.40. The van der Waals surface area contributed by atoms with Crippen molar-refractivity contribution < 1.29 is 9.18 Å². The summed E-state index contributed by atoms with van der Waals surface area (Å²) in [6.45, 7) is 0. The molecule has 0 bridgehead atoms. The molecule has 1 aromatic heterocycles. The molecule has 22 heavy (non-hydrogen) atoms. The maximum Gasteiger partial charge on any atom is 0.234 e. The zero-order valence-corrected chi connectivity index (χ0v) is 12.4. The number of anilines is 1. The molecule has 3 nitrogen and oxygen atoms in total. The second-order valence-electron chi connectivity index (χ2n) is 4.65. The summed E-state index contributed by atoms with van der Waals surface area (Å²) in [5, 5.41) is 3.79. The average molecular weight is 312 g/mol. The number of pyridine rings is 1. The van der Waals surface area contributed by atoms with Crippen LogP contribution < -0.4 is 5.32 Å². The van der Waals surface area contributed by atoms with Crippen LogP contribution >= 0.6 is 11.8 Å². The molecule has 0 unspecified atom stereocenters. The maximum atomic E-state index is 13.5. The van der Waals surface area contributed by atoms with Crippen molar-refractivity contribution in [2.24, 2.45) is 0 Å². The molecule has 0 radical (unpaired) electrons. The van der Waals surface area contributed by atoms with Crippen LogP contribution in [0, 0.1) is 5.82 Å². The molecule has 1 heterocycles. The van der Waals surface area contributed by atoms with E-state index in [1.807, 2.05) is 24.3 Å². The van der Waals surface area contributed by atoms with Gasteiger partial charge in [-0.1, -0.05) is 30.3 Å². The minimum absolute atomic E-state index is 0.143. The molecule has 0 fully saturated rings. The van der Waals surface area contributed by atoms with Crippen molar-refractivity contribution in [2.45, 2.75) is 4.90 Å². The van der Waals surface area contributed by atoms with Crippen molar-refractivity contribution in [3.8, 4) is 0 Å². The lowest BCUT2D eigenvalue weighted by molar-refractivity contribution is -0.113. The molecule has 2 aromatic carbocycles. The van der Waals surface area contributed by atoms with Crippen LogP contribution in [0.25, 0.3) is 10.9 Å². The van der Waals surface area contributed by atoms with Gasteiger partial charge in [0.2, 0.25) is 5.91 Å². The first-order valence-electron chi connectivity index (χ1n) is 6.75. The summed E-state index contributed by atoms with van der Waals surface area (Å²) in [5.41, 5.74) is 1.41. The molecule has 0 aliphatic heterocycles. The fourth-order valence-corrected chi connectivity index (χ4v) is 2.84. The van der Waals surface area contributed by atoms with E-state index in [0.29, 0.717) is 10.6 Å². The lowest BCUT2D eigenvalue weighted by atomic mass is 10.2. The second kappa shape index (κ2) is 6.58. The van der Waals surface area contributed by atoms with Crippen molar-refractivity contribution >= 4 is 34.3 Å². The number of benzene rings is 2. The number of thioether (sulfide) groups is 1. The number of rotatable bonds is 4. The Kier molecular flexibility index (Phi) is 4.34. The van der Waals surface area contributed by atoms with Gasteiger partial charge in [-0.3, -0.25) is 9.78 Å². The fourth-order valence-electron chi connectivity index (χ4n) is 2.10. The van der Waals surface area contributed by atoms with Crippen molar-refractivity contribution in [2.75, 3.05) is 11.1 Å². The summed E-state index contributed by atoms with van der Waals surface area (Å²) in [5.74, 6) is -0.358. The van der Waals surface area contributed by atoms with E-state index in [-0.39, 0.29) is 17.5 Å². The van der Waals surface area contributed by atoms with E-state index >= 15 is 0 Å². The molecule has 1 amide bonds. The van der Waals surface area contributed by atoms with Crippen LogP contribution in [0.2, 0.25) is 0 Å².